The number of allylic oxidation sites excluding steroid dienone is 1. The highest BCUT2D eigenvalue weighted by Gasteiger charge is 2.44. The second-order valence-corrected chi connectivity index (χ2v) is 7.15. The van der Waals surface area contributed by atoms with Gasteiger partial charge in [0.05, 0.1) is 17.6 Å². The van der Waals surface area contributed by atoms with Crippen LogP contribution >= 0.6 is 0 Å². The second kappa shape index (κ2) is 7.73. The van der Waals surface area contributed by atoms with Crippen molar-refractivity contribution in [3.8, 4) is 0 Å². The van der Waals surface area contributed by atoms with Gasteiger partial charge in [0, 0.05) is 6.54 Å². The molecule has 7 nitrogen and oxygen atoms in total. The predicted molar refractivity (Wildman–Crippen MR) is 99.8 cm³/mol. The van der Waals surface area contributed by atoms with E-state index >= 15 is 0 Å². The summed E-state index contributed by atoms with van der Waals surface area (Å²) in [7, 11) is 0. The summed E-state index contributed by atoms with van der Waals surface area (Å²) in [4.78, 5) is 43.0. The normalized spacial score (nSPS) is 17.8. The van der Waals surface area contributed by atoms with Crippen molar-refractivity contribution in [2.45, 2.75) is 45.2 Å². The Labute approximate surface area is 165 Å². The molecule has 1 aliphatic carbocycles. The molecule has 0 N–H and O–H groups in total. The van der Waals surface area contributed by atoms with Crippen LogP contribution in [-0.4, -0.2) is 43.7 Å². The number of imide groups is 2. The third kappa shape index (κ3) is 3.52. The number of alkyl halides is 2. The number of carbonyl (C=O) groups excluding carboxylic acids is 3. The molecule has 0 radical (unpaired) electrons. The fourth-order valence-corrected chi connectivity index (χ4v) is 3.84. The number of urea groups is 1. The van der Waals surface area contributed by atoms with Gasteiger partial charge in [0.25, 0.3) is 0 Å². The van der Waals surface area contributed by atoms with Crippen LogP contribution < -0.4 is 0 Å². The van der Waals surface area contributed by atoms with Gasteiger partial charge in [0.15, 0.2) is 0 Å². The quantitative estimate of drug-likeness (QED) is 0.420. The van der Waals surface area contributed by atoms with Crippen LogP contribution in [0.1, 0.15) is 44.5 Å². The number of hydrogen-bond acceptors (Lipinski definition) is 4. The first kappa shape index (κ1) is 19.2. The lowest BCUT2D eigenvalue weighted by molar-refractivity contribution is -0.143. The fourth-order valence-electron chi connectivity index (χ4n) is 3.84. The summed E-state index contributed by atoms with van der Waals surface area (Å²) in [6.07, 6.45) is 6.73. The summed E-state index contributed by atoms with van der Waals surface area (Å²) in [5.74, 6) is -2.08. The lowest BCUT2D eigenvalue weighted by atomic mass is 9.97. The molecule has 152 valence electrons. The Morgan fingerprint density at radius 2 is 1.79 bits per heavy atom. The summed E-state index contributed by atoms with van der Waals surface area (Å²) < 4.78 is 27.9. The fraction of sp³-hybridized carbons (Fsp3) is 0.400. The van der Waals surface area contributed by atoms with E-state index in [1.165, 1.54) is 11.6 Å². The number of imidazole rings is 1. The SMILES string of the molecule is O=C1C(=O)N(Cc2nc3ccccc3n2C(F)F)C(=O)N1CCC1=CCCCC1. The highest BCUT2D eigenvalue weighted by molar-refractivity contribution is 6.44. The summed E-state index contributed by atoms with van der Waals surface area (Å²) >= 11 is 0. The largest absolute Gasteiger partial charge is 0.334 e. The number of rotatable bonds is 6. The first-order chi connectivity index (χ1) is 14.0. The molecule has 1 aromatic carbocycles. The molecule has 2 aromatic rings. The second-order valence-electron chi connectivity index (χ2n) is 7.15. The van der Waals surface area contributed by atoms with Crippen molar-refractivity contribution < 1.29 is 23.2 Å². The first-order valence-corrected chi connectivity index (χ1v) is 9.56. The Morgan fingerprint density at radius 1 is 1.03 bits per heavy atom. The van der Waals surface area contributed by atoms with Crippen molar-refractivity contribution in [3.63, 3.8) is 0 Å². The van der Waals surface area contributed by atoms with E-state index < -0.39 is 30.9 Å². The molecule has 29 heavy (non-hydrogen) atoms. The Hall–Kier alpha value is -3.10. The number of hydrogen-bond donors (Lipinski definition) is 0. The van der Waals surface area contributed by atoms with Crippen molar-refractivity contribution in [3.05, 3.63) is 41.7 Å². The van der Waals surface area contributed by atoms with Crippen LogP contribution in [-0.2, 0) is 16.1 Å². The molecule has 1 aliphatic heterocycles. The van der Waals surface area contributed by atoms with E-state index in [1.807, 2.05) is 0 Å². The number of benzene rings is 1. The third-order valence-electron chi connectivity index (χ3n) is 5.34. The van der Waals surface area contributed by atoms with Crippen LogP contribution in [0.25, 0.3) is 11.0 Å². The summed E-state index contributed by atoms with van der Waals surface area (Å²) in [5, 5.41) is 0. The lowest BCUT2D eigenvalue weighted by Crippen LogP contribution is -2.34. The Balaban J connectivity index is 1.55. The maximum Gasteiger partial charge on any atom is 0.334 e. The Kier molecular flexibility index (Phi) is 5.12. The van der Waals surface area contributed by atoms with Crippen LogP contribution in [0.3, 0.4) is 0 Å². The van der Waals surface area contributed by atoms with Gasteiger partial charge >= 0.3 is 24.4 Å². The van der Waals surface area contributed by atoms with Crippen molar-refractivity contribution >= 4 is 28.9 Å². The maximum atomic E-state index is 13.6. The molecular weight excluding hydrogens is 382 g/mol. The van der Waals surface area contributed by atoms with Crippen LogP contribution in [0.2, 0.25) is 0 Å². The van der Waals surface area contributed by atoms with E-state index in [9.17, 15) is 23.2 Å². The van der Waals surface area contributed by atoms with Gasteiger partial charge in [-0.2, -0.15) is 8.78 Å². The average Bonchev–Trinajstić information content (AvgIpc) is 3.18. The van der Waals surface area contributed by atoms with Crippen molar-refractivity contribution in [2.24, 2.45) is 0 Å². The molecule has 4 rings (SSSR count). The molecule has 2 heterocycles. The molecular formula is C20H20F2N4O3. The maximum absolute atomic E-state index is 13.6. The van der Waals surface area contributed by atoms with Crippen LogP contribution in [0.15, 0.2) is 35.9 Å². The minimum atomic E-state index is -2.89. The standard InChI is InChI=1S/C20H20F2N4O3/c21-19(22)26-15-9-5-4-8-14(15)23-16(26)12-25-18(28)17(27)24(20(25)29)11-10-13-6-2-1-3-7-13/h4-6,8-9,19H,1-3,7,10-12H2. The molecule has 2 aliphatic rings. The molecule has 0 atom stereocenters. The monoisotopic (exact) mass is 402 g/mol. The summed E-state index contributed by atoms with van der Waals surface area (Å²) in [6.45, 7) is -3.27. The van der Waals surface area contributed by atoms with Gasteiger partial charge in [-0.1, -0.05) is 23.8 Å². The highest BCUT2D eigenvalue weighted by atomic mass is 19.3. The van der Waals surface area contributed by atoms with Crippen molar-refractivity contribution in [1.29, 1.82) is 0 Å². The molecule has 0 unspecified atom stereocenters. The number of amides is 4. The van der Waals surface area contributed by atoms with Gasteiger partial charge in [-0.3, -0.25) is 19.1 Å². The highest BCUT2D eigenvalue weighted by Crippen LogP contribution is 2.26. The van der Waals surface area contributed by atoms with E-state index in [-0.39, 0.29) is 17.9 Å². The van der Waals surface area contributed by atoms with E-state index in [0.717, 1.165) is 30.6 Å². The topological polar surface area (TPSA) is 75.5 Å². The lowest BCUT2D eigenvalue weighted by Gasteiger charge is -2.18. The predicted octanol–water partition coefficient (Wildman–Crippen LogP) is 3.61. The zero-order chi connectivity index (χ0) is 20.5. The average molecular weight is 402 g/mol. The smallest absolute Gasteiger partial charge is 0.269 e. The minimum absolute atomic E-state index is 0.108. The van der Waals surface area contributed by atoms with Gasteiger partial charge in [-0.05, 0) is 44.2 Å². The Bertz CT molecular complexity index is 1010. The number of carbonyl (C=O) groups is 3. The molecule has 1 fully saturated rings. The molecule has 0 spiro atoms. The van der Waals surface area contributed by atoms with Gasteiger partial charge in [-0.25, -0.2) is 14.7 Å². The number of fused-ring (bicyclic) bond motifs is 1. The van der Waals surface area contributed by atoms with Crippen LogP contribution in [0.4, 0.5) is 13.6 Å². The van der Waals surface area contributed by atoms with Gasteiger partial charge < -0.3 is 0 Å². The van der Waals surface area contributed by atoms with Crippen molar-refractivity contribution in [2.75, 3.05) is 6.54 Å². The van der Waals surface area contributed by atoms with Crippen LogP contribution in [0.5, 0.6) is 0 Å². The molecule has 0 saturated carbocycles. The first-order valence-electron chi connectivity index (χ1n) is 9.56. The van der Waals surface area contributed by atoms with Gasteiger partial charge in [0.2, 0.25) is 0 Å². The van der Waals surface area contributed by atoms with E-state index in [1.54, 1.807) is 18.2 Å². The zero-order valence-electron chi connectivity index (χ0n) is 15.7. The molecule has 1 aromatic heterocycles. The number of aromatic nitrogens is 2. The number of para-hydroxylation sites is 2. The zero-order valence-corrected chi connectivity index (χ0v) is 15.7. The van der Waals surface area contributed by atoms with Gasteiger partial charge in [0.1, 0.15) is 5.82 Å². The summed E-state index contributed by atoms with van der Waals surface area (Å²) in [5.41, 5.74) is 1.69. The van der Waals surface area contributed by atoms with Crippen molar-refractivity contribution in [1.82, 2.24) is 19.4 Å². The molecule has 9 heteroatoms. The number of halogens is 2. The third-order valence-corrected chi connectivity index (χ3v) is 5.34. The van der Waals surface area contributed by atoms with E-state index in [2.05, 4.69) is 11.1 Å². The number of nitrogens with zero attached hydrogens (tertiary/aromatic N) is 4. The van der Waals surface area contributed by atoms with Crippen LogP contribution in [0, 0.1) is 0 Å². The Morgan fingerprint density at radius 3 is 2.52 bits per heavy atom. The summed E-state index contributed by atoms with van der Waals surface area (Å²) in [6, 6.07) is 5.53. The minimum Gasteiger partial charge on any atom is -0.269 e. The van der Waals surface area contributed by atoms with E-state index in [4.69, 9.17) is 0 Å². The molecule has 4 amide bonds. The molecule has 0 bridgehead atoms. The van der Waals surface area contributed by atoms with E-state index in [0.29, 0.717) is 21.4 Å². The van der Waals surface area contributed by atoms with Gasteiger partial charge in [-0.15, -0.1) is 0 Å². The molecule has 1 saturated heterocycles.